The molecule has 6 heteroatoms. The van der Waals surface area contributed by atoms with Gasteiger partial charge in [-0.1, -0.05) is 12.1 Å². The molecule has 0 unspecified atom stereocenters. The van der Waals surface area contributed by atoms with Gasteiger partial charge < -0.3 is 15.7 Å². The zero-order chi connectivity index (χ0) is 14.8. The number of carbonyl (C=O) groups excluding carboxylic acids is 2. The minimum Gasteiger partial charge on any atom is -0.506 e. The Hall–Kier alpha value is -2.47. The number of carbonyl (C=O) groups is 2. The van der Waals surface area contributed by atoms with Gasteiger partial charge in [-0.15, -0.1) is 11.8 Å². The van der Waals surface area contributed by atoms with Crippen LogP contribution in [0.1, 0.15) is 10.4 Å². The van der Waals surface area contributed by atoms with Crippen molar-refractivity contribution in [2.75, 3.05) is 16.4 Å². The van der Waals surface area contributed by atoms with Crippen molar-refractivity contribution in [2.45, 2.75) is 4.90 Å². The Morgan fingerprint density at radius 1 is 1.24 bits per heavy atom. The van der Waals surface area contributed by atoms with Crippen LogP contribution >= 0.6 is 11.8 Å². The molecular formula is C15H12N2O3S. The van der Waals surface area contributed by atoms with E-state index >= 15 is 0 Å². The van der Waals surface area contributed by atoms with Gasteiger partial charge in [-0.25, -0.2) is 0 Å². The minimum absolute atomic E-state index is 0.00710. The lowest BCUT2D eigenvalue weighted by Gasteiger charge is -2.17. The van der Waals surface area contributed by atoms with Gasteiger partial charge in [-0.3, -0.25) is 9.59 Å². The van der Waals surface area contributed by atoms with E-state index in [2.05, 4.69) is 10.6 Å². The lowest BCUT2D eigenvalue weighted by molar-refractivity contribution is -0.113. The number of anilines is 2. The highest BCUT2D eigenvalue weighted by molar-refractivity contribution is 8.00. The summed E-state index contributed by atoms with van der Waals surface area (Å²) in [6, 6.07) is 11.6. The van der Waals surface area contributed by atoms with Crippen molar-refractivity contribution in [2.24, 2.45) is 0 Å². The standard InChI is InChI=1S/C15H12N2O3S/c18-12-4-2-1-3-10(12)17-15(20)9-5-6-13-11(7-9)16-14(19)8-21-13/h1-7,18H,8H2,(H,16,19)(H,17,20). The molecule has 3 rings (SSSR count). The Morgan fingerprint density at radius 3 is 2.86 bits per heavy atom. The summed E-state index contributed by atoms with van der Waals surface area (Å²) in [6.07, 6.45) is 0. The van der Waals surface area contributed by atoms with Crippen LogP contribution < -0.4 is 10.6 Å². The van der Waals surface area contributed by atoms with Gasteiger partial charge in [0.05, 0.1) is 17.1 Å². The monoisotopic (exact) mass is 300 g/mol. The zero-order valence-electron chi connectivity index (χ0n) is 10.9. The summed E-state index contributed by atoms with van der Waals surface area (Å²) in [5, 5.41) is 15.0. The fourth-order valence-electron chi connectivity index (χ4n) is 2.00. The maximum Gasteiger partial charge on any atom is 0.255 e. The zero-order valence-corrected chi connectivity index (χ0v) is 11.7. The third-order valence-electron chi connectivity index (χ3n) is 3.03. The van der Waals surface area contributed by atoms with E-state index < -0.39 is 0 Å². The summed E-state index contributed by atoms with van der Waals surface area (Å²) in [7, 11) is 0. The summed E-state index contributed by atoms with van der Waals surface area (Å²) in [5.41, 5.74) is 1.40. The van der Waals surface area contributed by atoms with Gasteiger partial charge in [0.25, 0.3) is 5.91 Å². The lowest BCUT2D eigenvalue weighted by atomic mass is 10.1. The fourth-order valence-corrected chi connectivity index (χ4v) is 2.79. The van der Waals surface area contributed by atoms with E-state index in [0.29, 0.717) is 22.7 Å². The number of hydrogen-bond donors (Lipinski definition) is 3. The van der Waals surface area contributed by atoms with Crippen LogP contribution in [-0.4, -0.2) is 22.7 Å². The molecule has 0 fully saturated rings. The molecule has 0 saturated carbocycles. The van der Waals surface area contributed by atoms with Crippen LogP contribution in [0.3, 0.4) is 0 Å². The molecule has 0 atom stereocenters. The number of rotatable bonds is 2. The molecule has 1 aliphatic rings. The van der Waals surface area contributed by atoms with E-state index in [1.54, 1.807) is 36.4 Å². The van der Waals surface area contributed by atoms with Crippen LogP contribution in [0, 0.1) is 0 Å². The van der Waals surface area contributed by atoms with Gasteiger partial charge in [0, 0.05) is 10.5 Å². The molecule has 0 bridgehead atoms. The highest BCUT2D eigenvalue weighted by Crippen LogP contribution is 2.32. The number of hydrogen-bond acceptors (Lipinski definition) is 4. The molecule has 3 N–H and O–H groups in total. The quantitative estimate of drug-likeness (QED) is 0.745. The second-order valence-electron chi connectivity index (χ2n) is 4.52. The van der Waals surface area contributed by atoms with Crippen LogP contribution in [0.25, 0.3) is 0 Å². The van der Waals surface area contributed by atoms with E-state index in [9.17, 15) is 14.7 Å². The van der Waals surface area contributed by atoms with Crippen molar-refractivity contribution < 1.29 is 14.7 Å². The second kappa shape index (κ2) is 5.49. The number of phenolic OH excluding ortho intramolecular Hbond substituents is 1. The Balaban J connectivity index is 1.84. The fraction of sp³-hybridized carbons (Fsp3) is 0.0667. The first kappa shape index (κ1) is 13.5. The largest absolute Gasteiger partial charge is 0.506 e. The lowest BCUT2D eigenvalue weighted by Crippen LogP contribution is -2.19. The van der Waals surface area contributed by atoms with E-state index in [-0.39, 0.29) is 17.6 Å². The SMILES string of the molecule is O=C1CSc2ccc(C(=O)Nc3ccccc3O)cc2N1. The molecule has 0 aromatic heterocycles. The normalized spacial score (nSPS) is 13.2. The third-order valence-corrected chi connectivity index (χ3v) is 4.10. The molecule has 106 valence electrons. The number of para-hydroxylation sites is 2. The van der Waals surface area contributed by atoms with Gasteiger partial charge in [0.15, 0.2) is 0 Å². The third kappa shape index (κ3) is 2.85. The summed E-state index contributed by atoms with van der Waals surface area (Å²) >= 11 is 1.44. The average molecular weight is 300 g/mol. The molecule has 5 nitrogen and oxygen atoms in total. The smallest absolute Gasteiger partial charge is 0.255 e. The summed E-state index contributed by atoms with van der Waals surface area (Å²) in [6.45, 7) is 0. The maximum absolute atomic E-state index is 12.2. The summed E-state index contributed by atoms with van der Waals surface area (Å²) in [4.78, 5) is 24.5. The van der Waals surface area contributed by atoms with Gasteiger partial charge in [-0.05, 0) is 30.3 Å². The van der Waals surface area contributed by atoms with Gasteiger partial charge in [0.2, 0.25) is 5.91 Å². The Kier molecular flexibility index (Phi) is 3.53. The predicted molar refractivity (Wildman–Crippen MR) is 81.9 cm³/mol. The molecule has 1 heterocycles. The maximum atomic E-state index is 12.2. The van der Waals surface area contributed by atoms with Crippen LogP contribution in [0.5, 0.6) is 5.75 Å². The van der Waals surface area contributed by atoms with Crippen molar-refractivity contribution in [1.82, 2.24) is 0 Å². The molecule has 0 spiro atoms. The number of aromatic hydroxyl groups is 1. The number of fused-ring (bicyclic) bond motifs is 1. The average Bonchev–Trinajstić information content (AvgIpc) is 2.48. The molecule has 2 aromatic carbocycles. The van der Waals surface area contributed by atoms with Crippen molar-refractivity contribution in [3.8, 4) is 5.75 Å². The van der Waals surface area contributed by atoms with E-state index in [0.717, 1.165) is 4.90 Å². The Morgan fingerprint density at radius 2 is 2.05 bits per heavy atom. The van der Waals surface area contributed by atoms with Crippen LogP contribution in [0.15, 0.2) is 47.4 Å². The topological polar surface area (TPSA) is 78.4 Å². The number of amides is 2. The molecule has 1 aliphatic heterocycles. The van der Waals surface area contributed by atoms with Crippen molar-refractivity contribution in [3.63, 3.8) is 0 Å². The number of phenols is 1. The highest BCUT2D eigenvalue weighted by Gasteiger charge is 2.17. The van der Waals surface area contributed by atoms with Gasteiger partial charge in [-0.2, -0.15) is 0 Å². The van der Waals surface area contributed by atoms with E-state index in [1.807, 2.05) is 0 Å². The minimum atomic E-state index is -0.343. The van der Waals surface area contributed by atoms with Crippen molar-refractivity contribution in [1.29, 1.82) is 0 Å². The van der Waals surface area contributed by atoms with Crippen LogP contribution in [-0.2, 0) is 4.79 Å². The molecule has 0 radical (unpaired) electrons. The first-order valence-corrected chi connectivity index (χ1v) is 7.28. The van der Waals surface area contributed by atoms with E-state index in [1.165, 1.54) is 17.8 Å². The van der Waals surface area contributed by atoms with Crippen molar-refractivity contribution >= 4 is 35.0 Å². The van der Waals surface area contributed by atoms with Gasteiger partial charge in [0.1, 0.15) is 5.75 Å². The molecule has 2 aromatic rings. The van der Waals surface area contributed by atoms with Crippen LogP contribution in [0.2, 0.25) is 0 Å². The molecule has 2 amide bonds. The first-order valence-electron chi connectivity index (χ1n) is 6.29. The number of nitrogens with one attached hydrogen (secondary N) is 2. The molecule has 0 aliphatic carbocycles. The summed E-state index contributed by atoms with van der Waals surface area (Å²) < 4.78 is 0. The van der Waals surface area contributed by atoms with Crippen molar-refractivity contribution in [3.05, 3.63) is 48.0 Å². The van der Waals surface area contributed by atoms with Crippen LogP contribution in [0.4, 0.5) is 11.4 Å². The van der Waals surface area contributed by atoms with E-state index in [4.69, 9.17) is 0 Å². The Bertz CT molecular complexity index is 731. The molecule has 21 heavy (non-hydrogen) atoms. The predicted octanol–water partition coefficient (Wildman–Crippen LogP) is 2.69. The number of thioether (sulfide) groups is 1. The summed E-state index contributed by atoms with van der Waals surface area (Å²) in [5.74, 6) is -0.0290. The molecular weight excluding hydrogens is 288 g/mol. The first-order chi connectivity index (χ1) is 10.1. The second-order valence-corrected chi connectivity index (χ2v) is 5.54. The van der Waals surface area contributed by atoms with Gasteiger partial charge >= 0.3 is 0 Å². The molecule has 0 saturated heterocycles. The number of benzene rings is 2. The highest BCUT2D eigenvalue weighted by atomic mass is 32.2. The Labute approximate surface area is 125 Å².